The number of rotatable bonds is 7. The zero-order valence-electron chi connectivity index (χ0n) is 19.7. The van der Waals surface area contributed by atoms with E-state index in [9.17, 15) is 4.39 Å². The van der Waals surface area contributed by atoms with E-state index in [4.69, 9.17) is 20.1 Å². The maximum atomic E-state index is 13.9. The maximum absolute atomic E-state index is 13.9. The van der Waals surface area contributed by atoms with Gasteiger partial charge in [-0.15, -0.1) is 10.1 Å². The van der Waals surface area contributed by atoms with Crippen LogP contribution in [0.1, 0.15) is 22.7 Å². The number of halogens is 1. The van der Waals surface area contributed by atoms with Gasteiger partial charge in [0.25, 0.3) is 5.09 Å². The minimum Gasteiger partial charge on any atom is -0.489 e. The van der Waals surface area contributed by atoms with E-state index in [1.807, 2.05) is 61.1 Å². The Hall–Kier alpha value is -4.98. The number of hydrogen-bond donors (Lipinski definition) is 1. The second-order valence-corrected chi connectivity index (χ2v) is 8.09. The van der Waals surface area contributed by atoms with Crippen LogP contribution in [0.5, 0.6) is 5.75 Å². The molecular weight excluding hydrogens is 473 g/mol. The van der Waals surface area contributed by atoms with Gasteiger partial charge in [0.1, 0.15) is 18.2 Å². The molecule has 0 spiro atoms. The summed E-state index contributed by atoms with van der Waals surface area (Å²) in [5, 5.41) is 13.6. The second kappa shape index (κ2) is 12.1. The van der Waals surface area contributed by atoms with Gasteiger partial charge in [-0.2, -0.15) is 0 Å². The van der Waals surface area contributed by atoms with Gasteiger partial charge in [-0.25, -0.2) is 9.37 Å². The van der Waals surface area contributed by atoms with E-state index in [0.717, 1.165) is 11.1 Å². The molecule has 4 aromatic carbocycles. The van der Waals surface area contributed by atoms with Crippen LogP contribution >= 0.6 is 0 Å². The van der Waals surface area contributed by atoms with E-state index in [2.05, 4.69) is 45.9 Å². The molecule has 5 rings (SSSR count). The molecule has 0 aliphatic carbocycles. The molecule has 0 fully saturated rings. The lowest BCUT2D eigenvalue weighted by atomic mass is 9.96. The number of benzene rings is 4. The Morgan fingerprint density at radius 1 is 0.865 bits per heavy atom. The molecule has 1 aromatic heterocycles. The predicted molar refractivity (Wildman–Crippen MR) is 137 cm³/mol. The van der Waals surface area contributed by atoms with Gasteiger partial charge in [-0.05, 0) is 40.5 Å². The van der Waals surface area contributed by atoms with Gasteiger partial charge in [-0.3, -0.25) is 0 Å². The Kier molecular flexibility index (Phi) is 8.23. The summed E-state index contributed by atoms with van der Waals surface area (Å²) in [5.41, 5.74) is 5.18. The smallest absolute Gasteiger partial charge is 0.291 e. The first-order valence-corrected chi connectivity index (χ1v) is 11.4. The van der Waals surface area contributed by atoms with Crippen LogP contribution in [0.4, 0.5) is 4.39 Å². The highest BCUT2D eigenvalue weighted by Crippen LogP contribution is 2.30. The minimum absolute atomic E-state index is 0.0158. The van der Waals surface area contributed by atoms with Crippen molar-refractivity contribution >= 4 is 0 Å². The highest BCUT2D eigenvalue weighted by Gasteiger charge is 2.16. The Morgan fingerprint density at radius 2 is 1.43 bits per heavy atom. The molecule has 1 atom stereocenters. The fraction of sp³-hybridized carbons (Fsp3) is 0.0690. The zero-order valence-corrected chi connectivity index (χ0v) is 19.7. The van der Waals surface area contributed by atoms with E-state index < -0.39 is 5.09 Å². The molecule has 0 saturated carbocycles. The van der Waals surface area contributed by atoms with Crippen molar-refractivity contribution < 1.29 is 19.4 Å². The first-order valence-electron chi connectivity index (χ1n) is 11.4. The summed E-state index contributed by atoms with van der Waals surface area (Å²) >= 11 is 0. The average molecular weight is 498 g/mol. The van der Waals surface area contributed by atoms with E-state index in [0.29, 0.717) is 11.3 Å². The maximum Gasteiger partial charge on any atom is 0.291 e. The lowest BCUT2D eigenvalue weighted by molar-refractivity contribution is -0.742. The molecule has 1 unspecified atom stereocenters. The standard InChI is InChI=1S/C29H23FN2O.HNO3/c30-28-9-5-4-8-26(28)20-33-27-16-14-25(15-17-27)29(32-19-18-31-21-32)24-12-10-23(11-13-24)22-6-2-1-3-7-22;2-1(3)4/h1-19,21,29H,20H2;(H,2,3,4). The number of aromatic nitrogens is 2. The second-order valence-electron chi connectivity index (χ2n) is 8.09. The van der Waals surface area contributed by atoms with Crippen molar-refractivity contribution in [3.05, 3.63) is 154 Å². The van der Waals surface area contributed by atoms with E-state index in [1.54, 1.807) is 18.3 Å². The monoisotopic (exact) mass is 497 g/mol. The molecule has 186 valence electrons. The van der Waals surface area contributed by atoms with Crippen LogP contribution in [-0.4, -0.2) is 19.8 Å². The van der Waals surface area contributed by atoms with E-state index >= 15 is 0 Å². The SMILES string of the molecule is Fc1ccccc1COc1ccc(C(c2ccc(-c3ccccc3)cc2)n2ccnc2)cc1.O=[N+]([O-])O. The summed E-state index contributed by atoms with van der Waals surface area (Å²) in [5.74, 6) is 0.444. The Morgan fingerprint density at radius 3 is 2.03 bits per heavy atom. The molecule has 0 aliphatic heterocycles. The van der Waals surface area contributed by atoms with Gasteiger partial charge in [0, 0.05) is 18.0 Å². The van der Waals surface area contributed by atoms with Gasteiger partial charge < -0.3 is 14.5 Å². The van der Waals surface area contributed by atoms with Crippen LogP contribution in [0.25, 0.3) is 11.1 Å². The first kappa shape index (κ1) is 25.1. The highest BCUT2D eigenvalue weighted by molar-refractivity contribution is 5.63. The molecule has 0 aliphatic rings. The third-order valence-electron chi connectivity index (χ3n) is 5.70. The van der Waals surface area contributed by atoms with Crippen molar-refractivity contribution in [1.82, 2.24) is 9.55 Å². The lowest BCUT2D eigenvalue weighted by Gasteiger charge is -2.20. The molecule has 0 amide bonds. The molecule has 37 heavy (non-hydrogen) atoms. The van der Waals surface area contributed by atoms with Crippen molar-refractivity contribution in [3.63, 3.8) is 0 Å². The summed E-state index contributed by atoms with van der Waals surface area (Å²) in [4.78, 5) is 12.6. The summed E-state index contributed by atoms with van der Waals surface area (Å²) in [6.45, 7) is 0.192. The largest absolute Gasteiger partial charge is 0.489 e. The van der Waals surface area contributed by atoms with Gasteiger partial charge in [0.2, 0.25) is 0 Å². The van der Waals surface area contributed by atoms with E-state index in [-0.39, 0.29) is 18.5 Å². The Balaban J connectivity index is 0.000000747. The number of nitrogens with zero attached hydrogens (tertiary/aromatic N) is 3. The van der Waals surface area contributed by atoms with Gasteiger partial charge in [0.05, 0.1) is 12.4 Å². The van der Waals surface area contributed by atoms with Crippen LogP contribution in [0.2, 0.25) is 0 Å². The van der Waals surface area contributed by atoms with Gasteiger partial charge >= 0.3 is 0 Å². The zero-order chi connectivity index (χ0) is 26.0. The van der Waals surface area contributed by atoms with Crippen molar-refractivity contribution in [2.45, 2.75) is 12.6 Å². The highest BCUT2D eigenvalue weighted by atomic mass is 19.1. The fourth-order valence-corrected chi connectivity index (χ4v) is 3.97. The summed E-state index contributed by atoms with van der Waals surface area (Å²) < 4.78 is 21.8. The van der Waals surface area contributed by atoms with Gasteiger partial charge in [-0.1, -0.05) is 84.9 Å². The van der Waals surface area contributed by atoms with Crippen LogP contribution in [0.3, 0.4) is 0 Å². The van der Waals surface area contributed by atoms with E-state index in [1.165, 1.54) is 17.2 Å². The summed E-state index contributed by atoms with van der Waals surface area (Å²) in [7, 11) is 0. The third kappa shape index (κ3) is 6.79. The fourth-order valence-electron chi connectivity index (χ4n) is 3.97. The number of hydrogen-bond acceptors (Lipinski definition) is 4. The molecule has 8 heteroatoms. The third-order valence-corrected chi connectivity index (χ3v) is 5.70. The lowest BCUT2D eigenvalue weighted by Crippen LogP contribution is -2.10. The summed E-state index contributed by atoms with van der Waals surface area (Å²) in [6, 6.07) is 33.6. The normalized spacial score (nSPS) is 11.2. The molecule has 7 nitrogen and oxygen atoms in total. The predicted octanol–water partition coefficient (Wildman–Crippen LogP) is 6.56. The molecule has 1 heterocycles. The quantitative estimate of drug-likeness (QED) is 0.203. The van der Waals surface area contributed by atoms with Crippen molar-refractivity contribution in [2.75, 3.05) is 0 Å². The minimum atomic E-state index is -1.50. The topological polar surface area (TPSA) is 90.4 Å². The molecule has 0 bridgehead atoms. The van der Waals surface area contributed by atoms with Crippen LogP contribution in [0, 0.1) is 15.9 Å². The van der Waals surface area contributed by atoms with Gasteiger partial charge in [0.15, 0.2) is 0 Å². The van der Waals surface area contributed by atoms with Crippen LogP contribution in [0.15, 0.2) is 122 Å². The summed E-state index contributed by atoms with van der Waals surface area (Å²) in [6.07, 6.45) is 5.59. The molecule has 0 saturated heterocycles. The molecule has 5 aromatic rings. The number of ether oxygens (including phenoxy) is 1. The Bertz CT molecular complexity index is 1400. The van der Waals surface area contributed by atoms with Crippen molar-refractivity contribution in [1.29, 1.82) is 0 Å². The van der Waals surface area contributed by atoms with Crippen molar-refractivity contribution in [2.24, 2.45) is 0 Å². The first-order chi connectivity index (χ1) is 18.0. The van der Waals surface area contributed by atoms with Crippen LogP contribution in [-0.2, 0) is 6.61 Å². The molecule has 0 radical (unpaired) electrons. The molecule has 1 N–H and O–H groups in total. The number of imidazole rings is 1. The van der Waals surface area contributed by atoms with Crippen LogP contribution < -0.4 is 4.74 Å². The average Bonchev–Trinajstić information content (AvgIpc) is 3.44. The molecular formula is C29H24FN3O4. The van der Waals surface area contributed by atoms with Crippen molar-refractivity contribution in [3.8, 4) is 16.9 Å². The Labute approximate surface area is 213 Å².